The van der Waals surface area contributed by atoms with Gasteiger partial charge in [0.05, 0.1) is 5.69 Å². The van der Waals surface area contributed by atoms with Gasteiger partial charge in [-0.3, -0.25) is 9.88 Å². The molecule has 1 fully saturated rings. The Morgan fingerprint density at radius 3 is 2.56 bits per heavy atom. The molecule has 5 heterocycles. The number of hydrogen-bond acceptors (Lipinski definition) is 8. The predicted octanol–water partition coefficient (Wildman–Crippen LogP) is 3.39. The van der Waals surface area contributed by atoms with Crippen LogP contribution in [0.15, 0.2) is 44.1 Å². The average Bonchev–Trinajstić information content (AvgIpc) is 3.43. The molecule has 32 heavy (non-hydrogen) atoms. The maximum Gasteiger partial charge on any atom is 0.336 e. The smallest absolute Gasteiger partial charge is 0.336 e. The summed E-state index contributed by atoms with van der Waals surface area (Å²) in [5.41, 5.74) is 3.34. The van der Waals surface area contributed by atoms with Crippen molar-refractivity contribution in [1.29, 1.82) is 0 Å². The summed E-state index contributed by atoms with van der Waals surface area (Å²) in [7, 11) is 2.15. The van der Waals surface area contributed by atoms with Gasteiger partial charge in [-0.15, -0.1) is 0 Å². The number of ether oxygens (including phenoxy) is 2. The van der Waals surface area contributed by atoms with E-state index in [2.05, 4.69) is 21.8 Å². The van der Waals surface area contributed by atoms with Crippen molar-refractivity contribution in [3.63, 3.8) is 0 Å². The molecule has 0 unspecified atom stereocenters. The van der Waals surface area contributed by atoms with Crippen LogP contribution in [0.2, 0.25) is 0 Å². The number of pyridine rings is 1. The average molecular weight is 433 g/mol. The molecule has 8 heteroatoms. The fourth-order valence-corrected chi connectivity index (χ4v) is 4.46. The number of furan rings is 1. The highest BCUT2D eigenvalue weighted by molar-refractivity contribution is 5.97. The molecule has 3 aromatic heterocycles. The first-order chi connectivity index (χ1) is 15.5. The van der Waals surface area contributed by atoms with Gasteiger partial charge in [-0.25, -0.2) is 4.79 Å². The van der Waals surface area contributed by atoms with Crippen LogP contribution in [0.1, 0.15) is 11.3 Å². The van der Waals surface area contributed by atoms with Crippen molar-refractivity contribution >= 4 is 21.9 Å². The first-order valence-corrected chi connectivity index (χ1v) is 10.7. The molecule has 2 aliphatic heterocycles. The molecule has 1 aromatic carbocycles. The Labute approximate surface area is 183 Å². The second-order valence-corrected chi connectivity index (χ2v) is 8.48. The molecule has 8 nitrogen and oxygen atoms in total. The van der Waals surface area contributed by atoms with Crippen molar-refractivity contribution in [2.24, 2.45) is 0 Å². The molecule has 0 bridgehead atoms. The lowest BCUT2D eigenvalue weighted by Crippen LogP contribution is -2.43. The van der Waals surface area contributed by atoms with E-state index in [1.54, 1.807) is 6.07 Å². The highest BCUT2D eigenvalue weighted by Gasteiger charge is 2.22. The van der Waals surface area contributed by atoms with Gasteiger partial charge in [0.2, 0.25) is 6.79 Å². The summed E-state index contributed by atoms with van der Waals surface area (Å²) in [6, 6.07) is 7.00. The molecule has 2 aliphatic rings. The highest BCUT2D eigenvalue weighted by Crippen LogP contribution is 2.40. The number of piperazine rings is 1. The minimum absolute atomic E-state index is 0.149. The third-order valence-corrected chi connectivity index (χ3v) is 6.31. The minimum Gasteiger partial charge on any atom is -0.454 e. The number of rotatable bonds is 3. The van der Waals surface area contributed by atoms with Gasteiger partial charge in [0, 0.05) is 67.4 Å². The molecule has 0 spiro atoms. The highest BCUT2D eigenvalue weighted by atomic mass is 16.7. The normalized spacial score (nSPS) is 16.9. The van der Waals surface area contributed by atoms with Crippen LogP contribution >= 0.6 is 0 Å². The first-order valence-electron chi connectivity index (χ1n) is 10.7. The van der Waals surface area contributed by atoms with Gasteiger partial charge in [-0.05, 0) is 31.7 Å². The van der Waals surface area contributed by atoms with Gasteiger partial charge < -0.3 is 23.2 Å². The number of nitrogens with zero attached hydrogens (tertiary/aromatic N) is 3. The second kappa shape index (κ2) is 7.36. The molecular weight excluding hydrogens is 410 g/mol. The van der Waals surface area contributed by atoms with Crippen molar-refractivity contribution in [2.45, 2.75) is 13.5 Å². The number of likely N-dealkylation sites (N-methyl/N-ethyl adjacent to an activating group) is 1. The molecule has 6 rings (SSSR count). The van der Waals surface area contributed by atoms with E-state index in [-0.39, 0.29) is 6.79 Å². The standard InChI is InChI=1S/C24H23N3O5/c1-14-24-16(15(11-25-14)12-27-5-3-26(2)4-6-27)7-19(32-24)18-9-23(28)31-20-10-22-21(8-17(18)20)29-13-30-22/h7-11H,3-6,12-13H2,1-2H3. The Hall–Kier alpha value is -3.36. The Balaban J connectivity index is 1.47. The summed E-state index contributed by atoms with van der Waals surface area (Å²) >= 11 is 0. The topological polar surface area (TPSA) is 81.2 Å². The third-order valence-electron chi connectivity index (χ3n) is 6.31. The van der Waals surface area contributed by atoms with Crippen LogP contribution < -0.4 is 15.1 Å². The quantitative estimate of drug-likeness (QED) is 0.455. The van der Waals surface area contributed by atoms with E-state index >= 15 is 0 Å². The van der Waals surface area contributed by atoms with Gasteiger partial charge in [0.15, 0.2) is 17.1 Å². The van der Waals surface area contributed by atoms with Crippen molar-refractivity contribution in [3.8, 4) is 22.8 Å². The zero-order chi connectivity index (χ0) is 21.8. The van der Waals surface area contributed by atoms with Gasteiger partial charge in [-0.1, -0.05) is 0 Å². The van der Waals surface area contributed by atoms with Crippen molar-refractivity contribution in [1.82, 2.24) is 14.8 Å². The lowest BCUT2D eigenvalue weighted by molar-refractivity contribution is 0.148. The van der Waals surface area contributed by atoms with Crippen molar-refractivity contribution in [3.05, 3.63) is 52.1 Å². The van der Waals surface area contributed by atoms with Gasteiger partial charge in [0.25, 0.3) is 0 Å². The van der Waals surface area contributed by atoms with E-state index in [1.165, 1.54) is 6.07 Å². The van der Waals surface area contributed by atoms with Gasteiger partial charge >= 0.3 is 5.63 Å². The summed E-state index contributed by atoms with van der Waals surface area (Å²) in [5, 5.41) is 1.76. The molecule has 164 valence electrons. The van der Waals surface area contributed by atoms with E-state index < -0.39 is 5.63 Å². The van der Waals surface area contributed by atoms with Crippen LogP contribution in [0, 0.1) is 6.92 Å². The van der Waals surface area contributed by atoms with E-state index in [0.717, 1.165) is 60.3 Å². The molecule has 0 aliphatic carbocycles. The summed E-state index contributed by atoms with van der Waals surface area (Å²) in [6.07, 6.45) is 1.94. The fraction of sp³-hybridized carbons (Fsp3) is 0.333. The second-order valence-electron chi connectivity index (χ2n) is 8.48. The molecule has 0 atom stereocenters. The van der Waals surface area contributed by atoms with Crippen LogP contribution in [0.3, 0.4) is 0 Å². The maximum absolute atomic E-state index is 12.3. The van der Waals surface area contributed by atoms with Crippen LogP contribution in [-0.4, -0.2) is 54.8 Å². The third kappa shape index (κ3) is 3.23. The Morgan fingerprint density at radius 1 is 0.969 bits per heavy atom. The number of benzene rings is 1. The van der Waals surface area contributed by atoms with Crippen LogP contribution in [-0.2, 0) is 6.54 Å². The first kappa shape index (κ1) is 19.3. The zero-order valence-electron chi connectivity index (χ0n) is 18.0. The van der Waals surface area contributed by atoms with Crippen LogP contribution in [0.5, 0.6) is 11.5 Å². The summed E-state index contributed by atoms with van der Waals surface area (Å²) in [4.78, 5) is 21.7. The number of aryl methyl sites for hydroxylation is 1. The summed E-state index contributed by atoms with van der Waals surface area (Å²) < 4.78 is 22.6. The Bertz CT molecular complexity index is 1400. The van der Waals surface area contributed by atoms with E-state index in [1.807, 2.05) is 25.3 Å². The SMILES string of the molecule is Cc1ncc(CN2CCN(C)CC2)c2cc(-c3cc(=O)oc4cc5c(cc34)OCO5)oc12. The summed E-state index contributed by atoms with van der Waals surface area (Å²) in [5.74, 6) is 1.79. The monoisotopic (exact) mass is 433 g/mol. The zero-order valence-corrected chi connectivity index (χ0v) is 18.0. The maximum atomic E-state index is 12.3. The molecule has 0 N–H and O–H groups in total. The Kier molecular flexibility index (Phi) is 4.44. The van der Waals surface area contributed by atoms with E-state index in [9.17, 15) is 4.79 Å². The van der Waals surface area contributed by atoms with Crippen molar-refractivity contribution < 1.29 is 18.3 Å². The number of hydrogen-bond donors (Lipinski definition) is 0. The minimum atomic E-state index is -0.445. The predicted molar refractivity (Wildman–Crippen MR) is 119 cm³/mol. The lowest BCUT2D eigenvalue weighted by Gasteiger charge is -2.32. The number of aromatic nitrogens is 1. The van der Waals surface area contributed by atoms with Crippen LogP contribution in [0.25, 0.3) is 33.3 Å². The van der Waals surface area contributed by atoms with E-state index in [4.69, 9.17) is 18.3 Å². The molecule has 1 saturated heterocycles. The lowest BCUT2D eigenvalue weighted by atomic mass is 10.1. The van der Waals surface area contributed by atoms with Crippen molar-refractivity contribution in [2.75, 3.05) is 40.0 Å². The molecule has 4 aromatic rings. The summed E-state index contributed by atoms with van der Waals surface area (Å²) in [6.45, 7) is 7.05. The van der Waals surface area contributed by atoms with Crippen LogP contribution in [0.4, 0.5) is 0 Å². The fourth-order valence-electron chi connectivity index (χ4n) is 4.46. The van der Waals surface area contributed by atoms with E-state index in [0.29, 0.717) is 28.4 Å². The largest absolute Gasteiger partial charge is 0.454 e. The molecule has 0 saturated carbocycles. The Morgan fingerprint density at radius 2 is 1.75 bits per heavy atom. The van der Waals surface area contributed by atoms with Gasteiger partial charge in [0.1, 0.15) is 11.3 Å². The molecule has 0 radical (unpaired) electrons. The number of fused-ring (bicyclic) bond motifs is 3. The van der Waals surface area contributed by atoms with Gasteiger partial charge in [-0.2, -0.15) is 0 Å². The molecule has 0 amide bonds. The molecular formula is C24H23N3O5.